The highest BCUT2D eigenvalue weighted by Gasteiger charge is 2.07. The summed E-state index contributed by atoms with van der Waals surface area (Å²) in [5.74, 6) is 0.473. The van der Waals surface area contributed by atoms with Crippen LogP contribution in [-0.4, -0.2) is 16.1 Å². The van der Waals surface area contributed by atoms with Crippen molar-refractivity contribution >= 4 is 29.0 Å². The molecule has 3 aromatic carbocycles. The number of anilines is 2. The predicted molar refractivity (Wildman–Crippen MR) is 125 cm³/mol. The standard InChI is InChI=1S/C25H21ClN4O/c1-17-5-4-7-19(15-17)23-13-14-24(30-29-23)28-21-11-9-18(10-12-21)25(31)27-16-20-6-2-3-8-22(20)26/h2-15H,16H2,1H3,(H,27,31)(H,28,30). The molecule has 0 atom stereocenters. The highest BCUT2D eigenvalue weighted by atomic mass is 35.5. The Bertz CT molecular complexity index is 1190. The predicted octanol–water partition coefficient (Wildman–Crippen LogP) is 5.78. The van der Waals surface area contributed by atoms with Gasteiger partial charge in [-0.1, -0.05) is 53.6 Å². The van der Waals surface area contributed by atoms with Crippen LogP contribution in [0.5, 0.6) is 0 Å². The third kappa shape index (κ3) is 5.27. The summed E-state index contributed by atoms with van der Waals surface area (Å²) in [4.78, 5) is 12.4. The first kappa shape index (κ1) is 20.6. The van der Waals surface area contributed by atoms with Crippen molar-refractivity contribution in [1.82, 2.24) is 15.5 Å². The molecule has 0 aliphatic carbocycles. The van der Waals surface area contributed by atoms with Crippen LogP contribution in [0.15, 0.2) is 84.9 Å². The van der Waals surface area contributed by atoms with Crippen molar-refractivity contribution < 1.29 is 4.79 Å². The van der Waals surface area contributed by atoms with Gasteiger partial charge in [-0.2, -0.15) is 0 Å². The van der Waals surface area contributed by atoms with Crippen molar-refractivity contribution in [3.05, 3.63) is 107 Å². The number of aryl methyl sites for hydroxylation is 1. The minimum atomic E-state index is -0.159. The number of carbonyl (C=O) groups is 1. The van der Waals surface area contributed by atoms with Crippen LogP contribution < -0.4 is 10.6 Å². The third-order valence-corrected chi connectivity index (χ3v) is 5.16. The van der Waals surface area contributed by atoms with E-state index in [1.54, 1.807) is 18.2 Å². The quantitative estimate of drug-likeness (QED) is 0.408. The van der Waals surface area contributed by atoms with Crippen LogP contribution in [0.2, 0.25) is 5.02 Å². The number of carbonyl (C=O) groups excluding carboxylic acids is 1. The van der Waals surface area contributed by atoms with Gasteiger partial charge in [0.15, 0.2) is 5.82 Å². The van der Waals surface area contributed by atoms with Crippen LogP contribution in [0.4, 0.5) is 11.5 Å². The summed E-state index contributed by atoms with van der Waals surface area (Å²) in [5.41, 5.74) is 5.30. The average molecular weight is 429 g/mol. The topological polar surface area (TPSA) is 66.9 Å². The summed E-state index contributed by atoms with van der Waals surface area (Å²) in [6.07, 6.45) is 0. The van der Waals surface area contributed by atoms with Crippen molar-refractivity contribution in [3.63, 3.8) is 0 Å². The molecular weight excluding hydrogens is 408 g/mol. The van der Waals surface area contributed by atoms with E-state index < -0.39 is 0 Å². The van der Waals surface area contributed by atoms with Crippen LogP contribution in [0.3, 0.4) is 0 Å². The molecular formula is C25H21ClN4O. The minimum Gasteiger partial charge on any atom is -0.348 e. The zero-order chi connectivity index (χ0) is 21.6. The van der Waals surface area contributed by atoms with Crippen LogP contribution >= 0.6 is 11.6 Å². The molecule has 1 aromatic heterocycles. The molecule has 0 aliphatic heterocycles. The molecule has 0 spiro atoms. The Hall–Kier alpha value is -3.70. The highest BCUT2D eigenvalue weighted by Crippen LogP contribution is 2.20. The molecule has 6 heteroatoms. The molecule has 154 valence electrons. The first-order chi connectivity index (χ1) is 15.1. The van der Waals surface area contributed by atoms with E-state index in [9.17, 15) is 4.79 Å². The molecule has 31 heavy (non-hydrogen) atoms. The highest BCUT2D eigenvalue weighted by molar-refractivity contribution is 6.31. The Morgan fingerprint density at radius 3 is 2.42 bits per heavy atom. The number of amides is 1. The summed E-state index contributed by atoms with van der Waals surface area (Å²) < 4.78 is 0. The first-order valence-corrected chi connectivity index (χ1v) is 10.3. The Balaban J connectivity index is 1.37. The van der Waals surface area contributed by atoms with Crippen molar-refractivity contribution in [1.29, 1.82) is 0 Å². The maximum absolute atomic E-state index is 12.4. The number of rotatable bonds is 6. The first-order valence-electron chi connectivity index (χ1n) is 9.88. The zero-order valence-electron chi connectivity index (χ0n) is 17.0. The van der Waals surface area contributed by atoms with Gasteiger partial charge in [-0.3, -0.25) is 4.79 Å². The lowest BCUT2D eigenvalue weighted by atomic mass is 10.1. The van der Waals surface area contributed by atoms with E-state index in [4.69, 9.17) is 11.6 Å². The maximum atomic E-state index is 12.4. The van der Waals surface area contributed by atoms with Crippen molar-refractivity contribution in [2.24, 2.45) is 0 Å². The number of benzene rings is 3. The van der Waals surface area contributed by atoms with Gasteiger partial charge in [0.1, 0.15) is 0 Å². The number of hydrogen-bond acceptors (Lipinski definition) is 4. The molecule has 5 nitrogen and oxygen atoms in total. The average Bonchev–Trinajstić information content (AvgIpc) is 2.79. The van der Waals surface area contributed by atoms with E-state index >= 15 is 0 Å². The number of nitrogens with zero attached hydrogens (tertiary/aromatic N) is 2. The normalized spacial score (nSPS) is 10.5. The lowest BCUT2D eigenvalue weighted by Crippen LogP contribution is -2.22. The Morgan fingerprint density at radius 1 is 0.903 bits per heavy atom. The van der Waals surface area contributed by atoms with Gasteiger partial charge < -0.3 is 10.6 Å². The van der Waals surface area contributed by atoms with Gasteiger partial charge in [-0.15, -0.1) is 10.2 Å². The summed E-state index contributed by atoms with van der Waals surface area (Å²) in [7, 11) is 0. The molecule has 0 saturated carbocycles. The Morgan fingerprint density at radius 2 is 1.71 bits per heavy atom. The minimum absolute atomic E-state index is 0.159. The maximum Gasteiger partial charge on any atom is 0.251 e. The molecule has 0 radical (unpaired) electrons. The zero-order valence-corrected chi connectivity index (χ0v) is 17.7. The molecule has 1 amide bonds. The van der Waals surface area contributed by atoms with Crippen molar-refractivity contribution in [2.75, 3.05) is 5.32 Å². The monoisotopic (exact) mass is 428 g/mol. The smallest absolute Gasteiger partial charge is 0.251 e. The van der Waals surface area contributed by atoms with Gasteiger partial charge in [0.25, 0.3) is 5.91 Å². The largest absolute Gasteiger partial charge is 0.348 e. The van der Waals surface area contributed by atoms with Crippen LogP contribution in [0, 0.1) is 6.92 Å². The van der Waals surface area contributed by atoms with Gasteiger partial charge in [-0.25, -0.2) is 0 Å². The molecule has 0 saturated heterocycles. The number of hydrogen-bond donors (Lipinski definition) is 2. The molecule has 4 aromatic rings. The Labute approximate surface area is 186 Å². The fourth-order valence-electron chi connectivity index (χ4n) is 3.13. The lowest BCUT2D eigenvalue weighted by molar-refractivity contribution is 0.0951. The molecule has 4 rings (SSSR count). The van der Waals surface area contributed by atoms with Gasteiger partial charge in [0.05, 0.1) is 5.69 Å². The second-order valence-corrected chi connectivity index (χ2v) is 7.56. The van der Waals surface area contributed by atoms with Gasteiger partial charge in [-0.05, 0) is 61.0 Å². The number of halogens is 1. The number of nitrogens with one attached hydrogen (secondary N) is 2. The SMILES string of the molecule is Cc1cccc(-c2ccc(Nc3ccc(C(=O)NCc4ccccc4Cl)cc3)nn2)c1. The molecule has 0 aliphatic rings. The molecule has 1 heterocycles. The fraction of sp³-hybridized carbons (Fsp3) is 0.0800. The van der Waals surface area contributed by atoms with Gasteiger partial charge >= 0.3 is 0 Å². The fourth-order valence-corrected chi connectivity index (χ4v) is 3.33. The summed E-state index contributed by atoms with van der Waals surface area (Å²) in [5, 5.41) is 15.3. The van der Waals surface area contributed by atoms with E-state index in [1.165, 1.54) is 5.56 Å². The van der Waals surface area contributed by atoms with E-state index in [0.29, 0.717) is 22.9 Å². The summed E-state index contributed by atoms with van der Waals surface area (Å²) in [6, 6.07) is 26.6. The van der Waals surface area contributed by atoms with Crippen LogP contribution in [0.25, 0.3) is 11.3 Å². The second kappa shape index (κ2) is 9.41. The van der Waals surface area contributed by atoms with Gasteiger partial charge in [0.2, 0.25) is 0 Å². The van der Waals surface area contributed by atoms with Crippen LogP contribution in [-0.2, 0) is 6.54 Å². The van der Waals surface area contributed by atoms with Crippen molar-refractivity contribution in [2.45, 2.75) is 13.5 Å². The summed E-state index contributed by atoms with van der Waals surface area (Å²) in [6.45, 7) is 2.43. The summed E-state index contributed by atoms with van der Waals surface area (Å²) >= 11 is 6.13. The van der Waals surface area contributed by atoms with E-state index in [0.717, 1.165) is 22.5 Å². The molecule has 0 fully saturated rings. The van der Waals surface area contributed by atoms with E-state index in [-0.39, 0.29) is 5.91 Å². The van der Waals surface area contributed by atoms with E-state index in [2.05, 4.69) is 26.9 Å². The van der Waals surface area contributed by atoms with E-state index in [1.807, 2.05) is 67.6 Å². The Kier molecular flexibility index (Phi) is 6.24. The second-order valence-electron chi connectivity index (χ2n) is 7.15. The lowest BCUT2D eigenvalue weighted by Gasteiger charge is -2.09. The van der Waals surface area contributed by atoms with Gasteiger partial charge in [0, 0.05) is 28.4 Å². The molecule has 0 unspecified atom stereocenters. The molecule has 2 N–H and O–H groups in total. The third-order valence-electron chi connectivity index (χ3n) is 4.80. The number of aromatic nitrogens is 2. The molecule has 0 bridgehead atoms. The van der Waals surface area contributed by atoms with Crippen molar-refractivity contribution in [3.8, 4) is 11.3 Å². The van der Waals surface area contributed by atoms with Crippen LogP contribution in [0.1, 0.15) is 21.5 Å².